The van der Waals surface area contributed by atoms with Crippen molar-refractivity contribution in [2.24, 2.45) is 17.8 Å². The molecule has 0 aromatic rings. The Balaban J connectivity index is 5.25. The third-order valence-corrected chi connectivity index (χ3v) is 21.8. The lowest BCUT2D eigenvalue weighted by molar-refractivity contribution is -0.161. The summed E-state index contributed by atoms with van der Waals surface area (Å²) in [5, 5.41) is 10.7. The molecule has 0 saturated carbocycles. The molecule has 618 valence electrons. The van der Waals surface area contributed by atoms with E-state index in [1.54, 1.807) is 0 Å². The zero-order valence-corrected chi connectivity index (χ0v) is 70.3. The second-order valence-corrected chi connectivity index (χ2v) is 34.9. The Morgan fingerprint density at radius 3 is 0.654 bits per heavy atom. The lowest BCUT2D eigenvalue weighted by Crippen LogP contribution is -2.30. The molecule has 5 atom stereocenters. The third-order valence-electron chi connectivity index (χ3n) is 19.9. The number of aliphatic hydroxyl groups is 1. The Morgan fingerprint density at radius 2 is 0.442 bits per heavy atom. The quantitative estimate of drug-likeness (QED) is 0.0222. The molecule has 2 unspecified atom stereocenters. The molecule has 0 fully saturated rings. The van der Waals surface area contributed by atoms with E-state index in [9.17, 15) is 43.2 Å². The summed E-state index contributed by atoms with van der Waals surface area (Å²) < 4.78 is 68.9. The monoisotopic (exact) mass is 1520 g/mol. The number of ether oxygens (including phenoxy) is 4. The predicted octanol–water partition coefficient (Wildman–Crippen LogP) is 25.7. The summed E-state index contributed by atoms with van der Waals surface area (Å²) in [7, 11) is -9.93. The number of rotatable bonds is 83. The Bertz CT molecular complexity index is 2010. The number of hydrogen-bond donors (Lipinski definition) is 3. The second kappa shape index (κ2) is 75.1. The maximum absolute atomic E-state index is 13.1. The molecule has 0 spiro atoms. The molecule has 3 N–H and O–H groups in total. The fourth-order valence-corrected chi connectivity index (χ4v) is 14.8. The van der Waals surface area contributed by atoms with Crippen LogP contribution in [0.2, 0.25) is 0 Å². The molecule has 19 heteroatoms. The summed E-state index contributed by atoms with van der Waals surface area (Å²) >= 11 is 0. The van der Waals surface area contributed by atoms with E-state index < -0.39 is 97.5 Å². The van der Waals surface area contributed by atoms with Gasteiger partial charge in [0.2, 0.25) is 0 Å². The van der Waals surface area contributed by atoms with Crippen LogP contribution in [0, 0.1) is 17.8 Å². The normalized spacial score (nSPS) is 13.9. The predicted molar refractivity (Wildman–Crippen MR) is 428 cm³/mol. The summed E-state index contributed by atoms with van der Waals surface area (Å²) in [5.41, 5.74) is 0. The van der Waals surface area contributed by atoms with E-state index in [0.29, 0.717) is 25.7 Å². The van der Waals surface area contributed by atoms with Crippen LogP contribution in [0.5, 0.6) is 0 Å². The molecule has 0 aliphatic rings. The van der Waals surface area contributed by atoms with E-state index in [2.05, 4.69) is 48.5 Å². The van der Waals surface area contributed by atoms with Gasteiger partial charge in [0.15, 0.2) is 12.2 Å². The average Bonchev–Trinajstić information content (AvgIpc) is 0.923. The summed E-state index contributed by atoms with van der Waals surface area (Å²) in [5.74, 6) is 0.203. The Hall–Kier alpha value is -1.94. The lowest BCUT2D eigenvalue weighted by Gasteiger charge is -2.21. The third kappa shape index (κ3) is 78.2. The Morgan fingerprint density at radius 1 is 0.260 bits per heavy atom. The van der Waals surface area contributed by atoms with Crippen LogP contribution < -0.4 is 0 Å². The van der Waals surface area contributed by atoms with E-state index in [-0.39, 0.29) is 25.7 Å². The fraction of sp³-hybridized carbons (Fsp3) is 0.953. The van der Waals surface area contributed by atoms with Gasteiger partial charge in [-0.25, -0.2) is 9.13 Å². The number of esters is 4. The largest absolute Gasteiger partial charge is 0.472 e. The Labute approximate surface area is 638 Å². The fourth-order valence-electron chi connectivity index (χ4n) is 13.2. The minimum atomic E-state index is -4.97. The van der Waals surface area contributed by atoms with Gasteiger partial charge in [0.25, 0.3) is 0 Å². The first-order valence-electron chi connectivity index (χ1n) is 43.8. The van der Waals surface area contributed by atoms with Gasteiger partial charge in [-0.3, -0.25) is 37.3 Å². The smallest absolute Gasteiger partial charge is 0.462 e. The second-order valence-electron chi connectivity index (χ2n) is 32.0. The van der Waals surface area contributed by atoms with Crippen LogP contribution in [0.1, 0.15) is 447 Å². The van der Waals surface area contributed by atoms with Crippen molar-refractivity contribution in [3.05, 3.63) is 0 Å². The summed E-state index contributed by atoms with van der Waals surface area (Å²) in [6, 6.07) is 0. The van der Waals surface area contributed by atoms with Gasteiger partial charge >= 0.3 is 39.5 Å². The maximum atomic E-state index is 13.1. The molecule has 0 aromatic carbocycles. The molecule has 0 saturated heterocycles. The number of carbonyl (C=O) groups is 4. The minimum absolute atomic E-state index is 0.106. The van der Waals surface area contributed by atoms with Crippen molar-refractivity contribution in [3.8, 4) is 0 Å². The van der Waals surface area contributed by atoms with Crippen LogP contribution in [0.4, 0.5) is 0 Å². The van der Waals surface area contributed by atoms with Crippen LogP contribution >= 0.6 is 15.6 Å². The minimum Gasteiger partial charge on any atom is -0.462 e. The average molecular weight is 1520 g/mol. The lowest BCUT2D eigenvalue weighted by atomic mass is 10.0. The maximum Gasteiger partial charge on any atom is 0.472 e. The standard InChI is InChI=1S/C85H166O17P2/c1-8-9-10-11-12-13-14-15-16-17-18-19-20-21-22-27-30-40-47-54-61-68-84(89)101-80(72-95-82(87)66-59-52-45-38-29-26-24-23-25-28-35-42-49-56-63-76(2)3)74-99-103(91,92)97-70-79(86)71-98-104(93,94)100-75-81(102-85(90)69-62-55-48-41-34-32-37-44-51-58-65-78(6)7)73-96-83(88)67-60-53-46-39-33-31-36-43-50-57-64-77(4)5/h76-81,86H,8-75H2,1-7H3,(H,91,92)(H,93,94)/t79-,80-,81-/m1/s1. The molecule has 0 rings (SSSR count). The molecule has 0 aromatic heterocycles. The van der Waals surface area contributed by atoms with Gasteiger partial charge in [0, 0.05) is 25.7 Å². The molecule has 0 aliphatic heterocycles. The number of hydrogen-bond acceptors (Lipinski definition) is 15. The van der Waals surface area contributed by atoms with E-state index in [1.807, 2.05) is 0 Å². The van der Waals surface area contributed by atoms with Gasteiger partial charge in [0.1, 0.15) is 19.3 Å². The molecule has 17 nitrogen and oxygen atoms in total. The number of aliphatic hydroxyl groups excluding tert-OH is 1. The number of phosphoric ester groups is 2. The van der Waals surface area contributed by atoms with Crippen molar-refractivity contribution in [1.29, 1.82) is 0 Å². The van der Waals surface area contributed by atoms with E-state index in [1.165, 1.54) is 257 Å². The van der Waals surface area contributed by atoms with Crippen LogP contribution in [-0.4, -0.2) is 96.7 Å². The molecule has 0 aliphatic carbocycles. The topological polar surface area (TPSA) is 237 Å². The van der Waals surface area contributed by atoms with Crippen LogP contribution in [0.3, 0.4) is 0 Å². The molecule has 104 heavy (non-hydrogen) atoms. The first-order valence-corrected chi connectivity index (χ1v) is 46.8. The van der Waals surface area contributed by atoms with E-state index in [4.69, 9.17) is 37.0 Å². The zero-order valence-electron chi connectivity index (χ0n) is 68.5. The van der Waals surface area contributed by atoms with Crippen molar-refractivity contribution in [1.82, 2.24) is 0 Å². The van der Waals surface area contributed by atoms with Crippen molar-refractivity contribution >= 4 is 39.5 Å². The number of unbranched alkanes of at least 4 members (excludes halogenated alkanes) is 51. The first kappa shape index (κ1) is 102. The highest BCUT2D eigenvalue weighted by Gasteiger charge is 2.30. The highest BCUT2D eigenvalue weighted by atomic mass is 31.2. The van der Waals surface area contributed by atoms with Crippen molar-refractivity contribution < 1.29 is 80.2 Å². The van der Waals surface area contributed by atoms with Crippen LogP contribution in [-0.2, 0) is 65.4 Å². The molecular formula is C85H166O17P2. The summed E-state index contributed by atoms with van der Waals surface area (Å²) in [6.45, 7) is 12.0. The van der Waals surface area contributed by atoms with Gasteiger partial charge in [0.05, 0.1) is 26.4 Å². The van der Waals surface area contributed by atoms with Crippen LogP contribution in [0.25, 0.3) is 0 Å². The van der Waals surface area contributed by atoms with Crippen LogP contribution in [0.15, 0.2) is 0 Å². The van der Waals surface area contributed by atoms with Gasteiger partial charge in [-0.1, -0.05) is 395 Å². The number of carbonyl (C=O) groups excluding carboxylic acids is 4. The van der Waals surface area contributed by atoms with Crippen molar-refractivity contribution in [2.75, 3.05) is 39.6 Å². The SMILES string of the molecule is CCCCCCCCCCCCCCCCCCCCCCCC(=O)O[C@H](COC(=O)CCCCCCCCCCCCCCCCC(C)C)COP(=O)(O)OC[C@@H](O)COP(=O)(O)OC[C@@H](COC(=O)CCCCCCCCCCCCC(C)C)OC(=O)CCCCCCCCCCCCC(C)C. The van der Waals surface area contributed by atoms with E-state index in [0.717, 1.165) is 108 Å². The molecule has 0 heterocycles. The van der Waals surface area contributed by atoms with Crippen molar-refractivity contribution in [3.63, 3.8) is 0 Å². The zero-order chi connectivity index (χ0) is 76.5. The van der Waals surface area contributed by atoms with Gasteiger partial charge < -0.3 is 33.8 Å². The molecular weight excluding hydrogens is 1350 g/mol. The molecule has 0 bridgehead atoms. The molecule has 0 radical (unpaired) electrons. The van der Waals surface area contributed by atoms with E-state index >= 15 is 0 Å². The Kier molecular flexibility index (Phi) is 73.7. The highest BCUT2D eigenvalue weighted by Crippen LogP contribution is 2.45. The highest BCUT2D eigenvalue weighted by molar-refractivity contribution is 7.47. The van der Waals surface area contributed by atoms with Crippen molar-refractivity contribution in [2.45, 2.75) is 465 Å². The number of phosphoric acid groups is 2. The van der Waals surface area contributed by atoms with Gasteiger partial charge in [-0.2, -0.15) is 0 Å². The molecule has 0 amide bonds. The summed E-state index contributed by atoms with van der Waals surface area (Å²) in [6.07, 6.45) is 65.3. The summed E-state index contributed by atoms with van der Waals surface area (Å²) in [4.78, 5) is 73.2. The first-order chi connectivity index (χ1) is 50.2. The van der Waals surface area contributed by atoms with Gasteiger partial charge in [-0.15, -0.1) is 0 Å². The van der Waals surface area contributed by atoms with Gasteiger partial charge in [-0.05, 0) is 43.4 Å².